The molecule has 0 aliphatic heterocycles. The van der Waals surface area contributed by atoms with Gasteiger partial charge < -0.3 is 12.4 Å². The summed E-state index contributed by atoms with van der Waals surface area (Å²) in [6, 6.07) is 0. The molecule has 0 fully saturated rings. The lowest BCUT2D eigenvalue weighted by molar-refractivity contribution is -0.00000378. The summed E-state index contributed by atoms with van der Waals surface area (Å²) in [6.45, 7) is 11.2. The fraction of sp³-hybridized carbons (Fsp3) is 1.00. The minimum Gasteiger partial charge on any atom is -1.00 e. The summed E-state index contributed by atoms with van der Waals surface area (Å²) in [6.07, 6.45) is 3.58. The highest BCUT2D eigenvalue weighted by atomic mass is 35.5. The lowest BCUT2D eigenvalue weighted by Gasteiger charge is -2.27. The van der Waals surface area contributed by atoms with Gasteiger partial charge in [0.25, 0.3) is 0 Å². The largest absolute Gasteiger partial charge is 1.00 e. The molecular weight excluding hydrogens is 259 g/mol. The molecule has 0 aromatic carbocycles. The number of nitrogens with zero attached hydrogens (tertiary/aromatic N) is 1. The topological polar surface area (TPSA) is 3.24 Å². The zero-order valence-corrected chi connectivity index (χ0v) is 12.8. The van der Waals surface area contributed by atoms with Crippen molar-refractivity contribution >= 4 is 30.8 Å². The minimum absolute atomic E-state index is 0. The van der Waals surface area contributed by atoms with E-state index in [1.165, 1.54) is 16.5 Å². The molecule has 0 aromatic heterocycles. The van der Waals surface area contributed by atoms with E-state index in [2.05, 4.69) is 33.8 Å². The van der Waals surface area contributed by atoms with Gasteiger partial charge in [0.2, 0.25) is 0 Å². The van der Waals surface area contributed by atoms with Gasteiger partial charge in [0.05, 0.1) is 6.16 Å². The van der Waals surface area contributed by atoms with E-state index in [0.717, 1.165) is 6.42 Å². The third-order valence-electron chi connectivity index (χ3n) is 2.08. The lowest BCUT2D eigenvalue weighted by Crippen LogP contribution is -3.00. The van der Waals surface area contributed by atoms with Gasteiger partial charge in [-0.2, -0.15) is 0 Å². The molecule has 14 heavy (non-hydrogen) atoms. The highest BCUT2D eigenvalue weighted by Gasteiger charge is 2.26. The molecule has 0 saturated carbocycles. The van der Waals surface area contributed by atoms with Crippen LogP contribution in [-0.4, -0.2) is 35.6 Å². The Hall–Kier alpha value is 1.26. The van der Waals surface area contributed by atoms with Gasteiger partial charge in [-0.05, 0) is 50.2 Å². The molecule has 1 nitrogen and oxygen atoms in total. The first-order valence-electron chi connectivity index (χ1n) is 4.57. The molecule has 0 heterocycles. The Morgan fingerprint density at radius 1 is 1.14 bits per heavy atom. The Morgan fingerprint density at radius 2 is 1.57 bits per heavy atom. The zero-order chi connectivity index (χ0) is 10.7. The van der Waals surface area contributed by atoms with Crippen LogP contribution < -0.4 is 12.4 Å². The first-order valence-corrected chi connectivity index (χ1v) is 8.56. The van der Waals surface area contributed by atoms with Crippen molar-refractivity contribution in [3.05, 3.63) is 0 Å². The number of hydrogen-bond donors (Lipinski definition) is 0. The van der Waals surface area contributed by atoms with Crippen LogP contribution in [-0.2, 0) is 0 Å². The van der Waals surface area contributed by atoms with Crippen LogP contribution in [0.15, 0.2) is 0 Å². The molecule has 5 heteroatoms. The van der Waals surface area contributed by atoms with E-state index >= 15 is 0 Å². The second-order valence-corrected chi connectivity index (χ2v) is 11.0. The fourth-order valence-corrected chi connectivity index (χ4v) is 2.35. The quantitative estimate of drug-likeness (QED) is 0.538. The van der Waals surface area contributed by atoms with Crippen LogP contribution in [0.25, 0.3) is 0 Å². The fourth-order valence-electron chi connectivity index (χ4n) is 1.07. The molecule has 0 atom stereocenters. The van der Waals surface area contributed by atoms with E-state index < -0.39 is 7.26 Å². The molecule has 0 rings (SSSR count). The van der Waals surface area contributed by atoms with Crippen molar-refractivity contribution in [1.82, 2.24) is 3.94 Å². The molecule has 0 saturated heterocycles. The van der Waals surface area contributed by atoms with Crippen molar-refractivity contribution in [3.8, 4) is 0 Å². The monoisotopic (exact) mass is 279 g/mol. The zero-order valence-electron chi connectivity index (χ0n) is 9.65. The van der Waals surface area contributed by atoms with E-state index in [1.54, 1.807) is 0 Å². The average molecular weight is 281 g/mol. The molecule has 0 N–H and O–H groups in total. The second kappa shape index (κ2) is 6.76. The Balaban J connectivity index is 0. The maximum Gasteiger partial charge on any atom is 0.0587 e. The van der Waals surface area contributed by atoms with Crippen molar-refractivity contribution in [1.29, 1.82) is 0 Å². The average Bonchev–Trinajstić information content (AvgIpc) is 1.82. The van der Waals surface area contributed by atoms with Gasteiger partial charge in [0, 0.05) is 32.8 Å². The molecule has 0 bridgehead atoms. The van der Waals surface area contributed by atoms with E-state index in [1.807, 2.05) is 0 Å². The van der Waals surface area contributed by atoms with Gasteiger partial charge in [-0.15, -0.1) is 3.94 Å². The Kier molecular flexibility index (Phi) is 8.52. The molecule has 0 aromatic rings. The van der Waals surface area contributed by atoms with Gasteiger partial charge in [-0.3, -0.25) is 0 Å². The summed E-state index contributed by atoms with van der Waals surface area (Å²) in [5.41, 5.74) is -0.0989. The molecule has 0 radical (unpaired) electrons. The third kappa shape index (κ3) is 8.56. The summed E-state index contributed by atoms with van der Waals surface area (Å²) in [5, 5.41) is 0. The molecule has 0 amide bonds. The van der Waals surface area contributed by atoms with Crippen LogP contribution in [0.5, 0.6) is 0 Å². The highest BCUT2D eigenvalue weighted by Crippen LogP contribution is 2.47. The van der Waals surface area contributed by atoms with Gasteiger partial charge in [-0.1, -0.05) is 0 Å². The van der Waals surface area contributed by atoms with Gasteiger partial charge in [0.15, 0.2) is 0 Å². The van der Waals surface area contributed by atoms with Crippen molar-refractivity contribution < 1.29 is 12.4 Å². The van der Waals surface area contributed by atoms with Gasteiger partial charge in [0.1, 0.15) is 0 Å². The van der Waals surface area contributed by atoms with E-state index in [4.69, 9.17) is 23.6 Å². The smallest absolute Gasteiger partial charge is 0.0587 e. The predicted molar refractivity (Wildman–Crippen MR) is 66.4 cm³/mol. The number of rotatable bonds is 5. The maximum absolute atomic E-state index is 5.73. The summed E-state index contributed by atoms with van der Waals surface area (Å²) in [7, 11) is -0.637. The molecule has 0 aliphatic carbocycles. The van der Waals surface area contributed by atoms with E-state index in [-0.39, 0.29) is 17.9 Å². The van der Waals surface area contributed by atoms with E-state index in [0.29, 0.717) is 0 Å². The summed E-state index contributed by atoms with van der Waals surface area (Å²) in [5.74, 6) is 0. The highest BCUT2D eigenvalue weighted by molar-refractivity contribution is 7.73. The Bertz CT molecular complexity index is 155. The normalized spacial score (nSPS) is 12.9. The Labute approximate surface area is 105 Å². The molecular formula is C9H21Cl3NP. The number of hydrogen-bond acceptors (Lipinski definition) is 1. The molecule has 0 spiro atoms. The van der Waals surface area contributed by atoms with Gasteiger partial charge in [-0.25, -0.2) is 0 Å². The summed E-state index contributed by atoms with van der Waals surface area (Å²) in [4.78, 5) is 0. The third-order valence-corrected chi connectivity index (χ3v) is 4.65. The molecule has 0 unspecified atom stereocenters. The maximum atomic E-state index is 5.73. The first-order chi connectivity index (χ1) is 5.65. The molecule has 88 valence electrons. The van der Waals surface area contributed by atoms with Crippen LogP contribution in [0, 0.1) is 0 Å². The van der Waals surface area contributed by atoms with Crippen molar-refractivity contribution in [2.75, 3.05) is 26.2 Å². The van der Waals surface area contributed by atoms with Gasteiger partial charge >= 0.3 is 0 Å². The standard InChI is InChI=1S/C9H21Cl2NP.ClH/c1-9(2,12(10)11)7-6-8-13(3,4)5;/h6-8H2,1-5H3;1H/q+1;/p-1. The van der Waals surface area contributed by atoms with Crippen LogP contribution in [0.3, 0.4) is 0 Å². The summed E-state index contributed by atoms with van der Waals surface area (Å²) < 4.78 is 1.27. The second-order valence-electron chi connectivity index (χ2n) is 5.16. The van der Waals surface area contributed by atoms with Crippen LogP contribution in [0.1, 0.15) is 26.7 Å². The van der Waals surface area contributed by atoms with E-state index in [9.17, 15) is 0 Å². The van der Waals surface area contributed by atoms with Crippen molar-refractivity contribution in [3.63, 3.8) is 0 Å². The van der Waals surface area contributed by atoms with Crippen LogP contribution >= 0.6 is 30.8 Å². The number of halogens is 3. The van der Waals surface area contributed by atoms with Crippen molar-refractivity contribution in [2.45, 2.75) is 32.2 Å². The minimum atomic E-state index is -0.637. The SMILES string of the molecule is CC(C)(CCC[P+](C)(C)C)N(Cl)Cl.[Cl-]. The molecule has 0 aliphatic rings. The summed E-state index contributed by atoms with van der Waals surface area (Å²) >= 11 is 11.5. The predicted octanol–water partition coefficient (Wildman–Crippen LogP) is 1.07. The first kappa shape index (κ1) is 17.6. The Morgan fingerprint density at radius 3 is 1.86 bits per heavy atom. The van der Waals surface area contributed by atoms with Crippen LogP contribution in [0.4, 0.5) is 0 Å². The van der Waals surface area contributed by atoms with Crippen LogP contribution in [0.2, 0.25) is 0 Å². The van der Waals surface area contributed by atoms with Crippen molar-refractivity contribution in [2.24, 2.45) is 0 Å². The lowest BCUT2D eigenvalue weighted by atomic mass is 10.0.